The zero-order valence-electron chi connectivity index (χ0n) is 25.0. The lowest BCUT2D eigenvalue weighted by atomic mass is 10.1. The molecule has 1 unspecified atom stereocenters. The standard InChI is InChI=1S/C33H36N4O6/c1-20-10-22-16-34-26-14-30(28(40-3)12-24(26)32(38)36(22)18-20)42-8-6-5-7-9-43-31-15-27-25(13-29(31)41-4)33(39)37-19-21(2)11-23(37)17-35-27/h12-19,22-23H,5-11H2,1-4H3/t22-,23?/m1/s1. The molecule has 2 aromatic rings. The molecule has 6 rings (SSSR count). The van der Waals surface area contributed by atoms with E-state index in [1.165, 1.54) is 0 Å². The van der Waals surface area contributed by atoms with E-state index in [9.17, 15) is 9.59 Å². The van der Waals surface area contributed by atoms with Crippen molar-refractivity contribution in [3.63, 3.8) is 0 Å². The van der Waals surface area contributed by atoms with Crippen LogP contribution in [0.3, 0.4) is 0 Å². The molecule has 0 bridgehead atoms. The van der Waals surface area contributed by atoms with Crippen LogP contribution in [0.25, 0.3) is 0 Å². The maximum atomic E-state index is 13.2. The van der Waals surface area contributed by atoms with Crippen LogP contribution < -0.4 is 18.9 Å². The van der Waals surface area contributed by atoms with E-state index in [4.69, 9.17) is 18.9 Å². The summed E-state index contributed by atoms with van der Waals surface area (Å²) in [4.78, 5) is 39.0. The Labute approximate surface area is 251 Å². The molecule has 0 spiro atoms. The second-order valence-electron chi connectivity index (χ2n) is 11.3. The molecule has 0 radical (unpaired) electrons. The molecule has 2 aromatic carbocycles. The number of fused-ring (bicyclic) bond motifs is 4. The van der Waals surface area contributed by atoms with Crippen molar-refractivity contribution in [3.05, 3.63) is 58.9 Å². The maximum Gasteiger partial charge on any atom is 0.260 e. The molecule has 4 aliphatic rings. The molecule has 2 amide bonds. The van der Waals surface area contributed by atoms with Crippen molar-refractivity contribution in [2.75, 3.05) is 27.4 Å². The summed E-state index contributed by atoms with van der Waals surface area (Å²) in [5, 5.41) is 0. The van der Waals surface area contributed by atoms with Crippen molar-refractivity contribution >= 4 is 35.6 Å². The smallest absolute Gasteiger partial charge is 0.260 e. The molecule has 10 nitrogen and oxygen atoms in total. The van der Waals surface area contributed by atoms with Gasteiger partial charge in [-0.3, -0.25) is 19.6 Å². The molecular weight excluding hydrogens is 548 g/mol. The van der Waals surface area contributed by atoms with E-state index < -0.39 is 0 Å². The average Bonchev–Trinajstić information content (AvgIpc) is 3.51. The minimum atomic E-state index is -0.0868. The highest BCUT2D eigenvalue weighted by atomic mass is 16.5. The van der Waals surface area contributed by atoms with Gasteiger partial charge >= 0.3 is 0 Å². The highest BCUT2D eigenvalue weighted by molar-refractivity contribution is 6.05. The van der Waals surface area contributed by atoms with Crippen LogP contribution in [-0.4, -0.2) is 73.6 Å². The summed E-state index contributed by atoms with van der Waals surface area (Å²) in [6.07, 6.45) is 11.5. The molecule has 10 heteroatoms. The van der Waals surface area contributed by atoms with Gasteiger partial charge in [-0.2, -0.15) is 0 Å². The molecular formula is C33H36N4O6. The summed E-state index contributed by atoms with van der Waals surface area (Å²) >= 11 is 0. The Bertz CT molecular complexity index is 1460. The number of unbranched alkanes of at least 4 members (excludes halogenated alkanes) is 2. The van der Waals surface area contributed by atoms with E-state index in [-0.39, 0.29) is 23.9 Å². The summed E-state index contributed by atoms with van der Waals surface area (Å²) in [7, 11) is 3.14. The Morgan fingerprint density at radius 2 is 1.12 bits per heavy atom. The van der Waals surface area contributed by atoms with Gasteiger partial charge in [-0.1, -0.05) is 11.1 Å². The highest BCUT2D eigenvalue weighted by Crippen LogP contribution is 2.40. The molecule has 0 fully saturated rings. The van der Waals surface area contributed by atoms with Crippen molar-refractivity contribution in [3.8, 4) is 23.0 Å². The van der Waals surface area contributed by atoms with Gasteiger partial charge in [0.1, 0.15) is 0 Å². The third-order valence-corrected chi connectivity index (χ3v) is 8.06. The Hall–Kier alpha value is -4.60. The number of nitrogens with zero attached hydrogens (tertiary/aromatic N) is 4. The Morgan fingerprint density at radius 3 is 1.53 bits per heavy atom. The largest absolute Gasteiger partial charge is 0.493 e. The lowest BCUT2D eigenvalue weighted by Gasteiger charge is -2.19. The van der Waals surface area contributed by atoms with Crippen molar-refractivity contribution in [1.29, 1.82) is 0 Å². The Morgan fingerprint density at radius 1 is 0.674 bits per heavy atom. The minimum Gasteiger partial charge on any atom is -0.493 e. The molecule has 0 aliphatic carbocycles. The lowest BCUT2D eigenvalue weighted by Crippen LogP contribution is -2.32. The minimum absolute atomic E-state index is 0.0575. The molecule has 43 heavy (non-hydrogen) atoms. The fourth-order valence-corrected chi connectivity index (χ4v) is 5.85. The third-order valence-electron chi connectivity index (χ3n) is 8.06. The molecule has 224 valence electrons. The van der Waals surface area contributed by atoms with Crippen molar-refractivity contribution < 1.29 is 28.5 Å². The van der Waals surface area contributed by atoms with Crippen LogP contribution in [0.4, 0.5) is 11.4 Å². The summed E-state index contributed by atoms with van der Waals surface area (Å²) in [5.41, 5.74) is 4.48. The second kappa shape index (κ2) is 11.9. The SMILES string of the molecule is COc1cc2c(cc1OCCCCCOc1cc3c(cc1OC)C(=O)N1C=C(C)C[C@@H]1C=N3)N=CC1CC(C)=CN1C2=O. The third kappa shape index (κ3) is 5.61. The Balaban J connectivity index is 1.02. The normalized spacial score (nSPS) is 20.0. The first kappa shape index (κ1) is 28.5. The zero-order chi connectivity index (χ0) is 30.1. The van der Waals surface area contributed by atoms with E-state index in [1.807, 2.05) is 38.7 Å². The van der Waals surface area contributed by atoms with Crippen LogP contribution >= 0.6 is 0 Å². The predicted molar refractivity (Wildman–Crippen MR) is 164 cm³/mol. The van der Waals surface area contributed by atoms with E-state index in [0.717, 1.165) is 43.3 Å². The molecule has 0 saturated carbocycles. The van der Waals surface area contributed by atoms with Crippen molar-refractivity contribution in [2.45, 2.75) is 58.0 Å². The number of hydrogen-bond donors (Lipinski definition) is 0. The predicted octanol–water partition coefficient (Wildman–Crippen LogP) is 6.00. The van der Waals surface area contributed by atoms with E-state index in [1.54, 1.807) is 48.3 Å². The van der Waals surface area contributed by atoms with E-state index >= 15 is 0 Å². The van der Waals surface area contributed by atoms with Gasteiger partial charge < -0.3 is 28.7 Å². The summed E-state index contributed by atoms with van der Waals surface area (Å²) in [6, 6.07) is 6.88. The van der Waals surface area contributed by atoms with Crippen LogP contribution in [0, 0.1) is 0 Å². The van der Waals surface area contributed by atoms with Crippen molar-refractivity contribution in [1.82, 2.24) is 9.80 Å². The van der Waals surface area contributed by atoms with E-state index in [2.05, 4.69) is 9.98 Å². The van der Waals surface area contributed by atoms with Crippen LogP contribution in [0.15, 0.2) is 57.8 Å². The van der Waals surface area contributed by atoms with Gasteiger partial charge in [-0.15, -0.1) is 0 Å². The van der Waals surface area contributed by atoms with Gasteiger partial charge in [0.25, 0.3) is 11.8 Å². The number of rotatable bonds is 10. The Kier molecular flexibility index (Phi) is 7.92. The number of methoxy groups -OCH3 is 2. The average molecular weight is 585 g/mol. The first-order valence-corrected chi connectivity index (χ1v) is 14.6. The summed E-state index contributed by atoms with van der Waals surface area (Å²) in [5.74, 6) is 1.96. The van der Waals surface area contributed by atoms with Crippen LogP contribution in [0.5, 0.6) is 23.0 Å². The van der Waals surface area contributed by atoms with Crippen LogP contribution in [-0.2, 0) is 0 Å². The lowest BCUT2D eigenvalue weighted by molar-refractivity contribution is 0.0809. The fourth-order valence-electron chi connectivity index (χ4n) is 5.85. The summed E-state index contributed by atoms with van der Waals surface area (Å²) in [6.45, 7) is 5.00. The van der Waals surface area contributed by atoms with Gasteiger partial charge in [0.05, 0.1) is 62.0 Å². The van der Waals surface area contributed by atoms with Gasteiger partial charge in [-0.25, -0.2) is 0 Å². The van der Waals surface area contributed by atoms with Gasteiger partial charge in [-0.05, 0) is 58.1 Å². The van der Waals surface area contributed by atoms with Gasteiger partial charge in [0.15, 0.2) is 23.0 Å². The van der Waals surface area contributed by atoms with Crippen LogP contribution in [0.1, 0.15) is 66.7 Å². The highest BCUT2D eigenvalue weighted by Gasteiger charge is 2.33. The number of aliphatic imine (C=N–C) groups is 2. The fraction of sp³-hybridized carbons (Fsp3) is 0.394. The maximum absolute atomic E-state index is 13.2. The monoisotopic (exact) mass is 584 g/mol. The number of carbonyl (C=O) groups is 2. The first-order chi connectivity index (χ1) is 20.9. The topological polar surface area (TPSA) is 102 Å². The van der Waals surface area contributed by atoms with Gasteiger partial charge in [0.2, 0.25) is 0 Å². The quantitative estimate of drug-likeness (QED) is 0.318. The van der Waals surface area contributed by atoms with Crippen LogP contribution in [0.2, 0.25) is 0 Å². The molecule has 2 atom stereocenters. The number of ether oxygens (including phenoxy) is 4. The molecule has 0 saturated heterocycles. The number of benzene rings is 2. The molecule has 0 aromatic heterocycles. The molecule has 4 aliphatic heterocycles. The first-order valence-electron chi connectivity index (χ1n) is 14.6. The van der Waals surface area contributed by atoms with E-state index in [0.29, 0.717) is 58.7 Å². The van der Waals surface area contributed by atoms with Crippen molar-refractivity contribution in [2.24, 2.45) is 9.98 Å². The summed E-state index contributed by atoms with van der Waals surface area (Å²) < 4.78 is 23.2. The number of amides is 2. The number of carbonyl (C=O) groups excluding carboxylic acids is 2. The zero-order valence-corrected chi connectivity index (χ0v) is 25.0. The number of hydrogen-bond acceptors (Lipinski definition) is 8. The second-order valence-corrected chi connectivity index (χ2v) is 11.3. The van der Waals surface area contributed by atoms with Gasteiger partial charge in [0, 0.05) is 37.0 Å². The molecule has 4 heterocycles. The molecule has 0 N–H and O–H groups in total.